The highest BCUT2D eigenvalue weighted by Gasteiger charge is 2.10. The lowest BCUT2D eigenvalue weighted by molar-refractivity contribution is -0.115. The molecule has 0 bridgehead atoms. The monoisotopic (exact) mass is 363 g/mol. The summed E-state index contributed by atoms with van der Waals surface area (Å²) in [5.41, 5.74) is 6.53. The zero-order chi connectivity index (χ0) is 19.2. The van der Waals surface area contributed by atoms with Crippen molar-refractivity contribution in [2.75, 3.05) is 5.32 Å². The molecule has 0 fully saturated rings. The van der Waals surface area contributed by atoms with E-state index in [9.17, 15) is 14.0 Å². The van der Waals surface area contributed by atoms with Gasteiger partial charge in [-0.05, 0) is 41.1 Å². The third-order valence-corrected chi connectivity index (χ3v) is 3.89. The van der Waals surface area contributed by atoms with Crippen LogP contribution in [0.4, 0.5) is 10.1 Å². The second-order valence-electron chi connectivity index (χ2n) is 5.94. The van der Waals surface area contributed by atoms with Crippen LogP contribution in [0.3, 0.4) is 0 Å². The third-order valence-electron chi connectivity index (χ3n) is 3.89. The Hall–Kier alpha value is -3.67. The first-order valence-corrected chi connectivity index (χ1v) is 8.30. The van der Waals surface area contributed by atoms with E-state index >= 15 is 0 Å². The summed E-state index contributed by atoms with van der Waals surface area (Å²) in [4.78, 5) is 24.4. The smallest absolute Gasteiger partial charge is 0.270 e. The summed E-state index contributed by atoms with van der Waals surface area (Å²) in [6.45, 7) is 3.73. The number of nitrogens with one attached hydrogen (secondary N) is 3. The fourth-order valence-corrected chi connectivity index (χ4v) is 2.61. The Kier molecular flexibility index (Phi) is 5.47. The highest BCUT2D eigenvalue weighted by molar-refractivity contribution is 6.06. The van der Waals surface area contributed by atoms with Gasteiger partial charge in [-0.3, -0.25) is 15.0 Å². The minimum atomic E-state index is -0.379. The number of benzene rings is 3. The van der Waals surface area contributed by atoms with E-state index in [1.807, 2.05) is 36.4 Å². The SMILES string of the molecule is C=C(CC(=O)Nc1ccc(F)cc1)NNC(=O)c1cccc2ccccc12. The molecule has 0 atom stereocenters. The van der Waals surface area contributed by atoms with Crippen LogP contribution < -0.4 is 16.2 Å². The summed E-state index contributed by atoms with van der Waals surface area (Å²) in [6, 6.07) is 18.5. The average Bonchev–Trinajstić information content (AvgIpc) is 2.67. The predicted molar refractivity (Wildman–Crippen MR) is 103 cm³/mol. The van der Waals surface area contributed by atoms with Crippen LogP contribution in [0, 0.1) is 5.82 Å². The van der Waals surface area contributed by atoms with Gasteiger partial charge in [-0.15, -0.1) is 0 Å². The summed E-state index contributed by atoms with van der Waals surface area (Å²) < 4.78 is 12.9. The zero-order valence-electron chi connectivity index (χ0n) is 14.5. The van der Waals surface area contributed by atoms with E-state index in [0.29, 0.717) is 16.9 Å². The molecule has 0 aromatic heterocycles. The highest BCUT2D eigenvalue weighted by atomic mass is 19.1. The molecule has 3 aromatic carbocycles. The largest absolute Gasteiger partial charge is 0.326 e. The summed E-state index contributed by atoms with van der Waals surface area (Å²) in [5.74, 6) is -1.04. The highest BCUT2D eigenvalue weighted by Crippen LogP contribution is 2.18. The van der Waals surface area contributed by atoms with Gasteiger partial charge in [-0.1, -0.05) is 43.0 Å². The van der Waals surface area contributed by atoms with E-state index < -0.39 is 0 Å². The summed E-state index contributed by atoms with van der Waals surface area (Å²) in [6.07, 6.45) is -0.0484. The molecule has 136 valence electrons. The lowest BCUT2D eigenvalue weighted by atomic mass is 10.0. The van der Waals surface area contributed by atoms with Crippen LogP contribution in [0.15, 0.2) is 79.0 Å². The van der Waals surface area contributed by atoms with Crippen LogP contribution in [0.5, 0.6) is 0 Å². The van der Waals surface area contributed by atoms with E-state index in [4.69, 9.17) is 0 Å². The molecule has 3 aromatic rings. The van der Waals surface area contributed by atoms with E-state index in [-0.39, 0.29) is 24.1 Å². The zero-order valence-corrected chi connectivity index (χ0v) is 14.5. The molecular formula is C21H18FN3O2. The first kappa shape index (κ1) is 18.1. The Labute approximate surface area is 155 Å². The molecule has 0 saturated heterocycles. The quantitative estimate of drug-likeness (QED) is 0.584. The number of halogens is 1. The van der Waals surface area contributed by atoms with Crippen molar-refractivity contribution < 1.29 is 14.0 Å². The van der Waals surface area contributed by atoms with Crippen LogP contribution in [0.2, 0.25) is 0 Å². The van der Waals surface area contributed by atoms with Crippen molar-refractivity contribution in [3.05, 3.63) is 90.4 Å². The van der Waals surface area contributed by atoms with E-state index in [1.54, 1.807) is 6.07 Å². The Morgan fingerprint density at radius 1 is 0.889 bits per heavy atom. The standard InChI is InChI=1S/C21H18FN3O2/c1-14(13-20(26)23-17-11-9-16(22)10-12-17)24-25-21(27)19-8-4-6-15-5-2-3-7-18(15)19/h2-12,24H,1,13H2,(H,23,26)(H,25,27). The fraction of sp³-hybridized carbons (Fsp3) is 0.0476. The van der Waals surface area contributed by atoms with Crippen LogP contribution in [-0.4, -0.2) is 11.8 Å². The lowest BCUT2D eigenvalue weighted by Crippen LogP contribution is -2.37. The van der Waals surface area contributed by atoms with Gasteiger partial charge in [0.25, 0.3) is 5.91 Å². The number of amides is 2. The molecule has 3 rings (SSSR count). The second kappa shape index (κ2) is 8.14. The Bertz CT molecular complexity index is 994. The minimum absolute atomic E-state index is 0.0484. The number of hydrogen-bond donors (Lipinski definition) is 3. The fourth-order valence-electron chi connectivity index (χ4n) is 2.61. The maximum Gasteiger partial charge on any atom is 0.270 e. The molecule has 27 heavy (non-hydrogen) atoms. The van der Waals surface area contributed by atoms with Gasteiger partial charge >= 0.3 is 0 Å². The van der Waals surface area contributed by atoms with E-state index in [1.165, 1.54) is 24.3 Å². The van der Waals surface area contributed by atoms with Crippen LogP contribution in [0.1, 0.15) is 16.8 Å². The van der Waals surface area contributed by atoms with Gasteiger partial charge in [-0.25, -0.2) is 4.39 Å². The number of carbonyl (C=O) groups is 2. The van der Waals surface area contributed by atoms with Gasteiger partial charge < -0.3 is 10.7 Å². The van der Waals surface area contributed by atoms with Crippen molar-refractivity contribution in [2.24, 2.45) is 0 Å². The maximum absolute atomic E-state index is 12.9. The van der Waals surface area contributed by atoms with Gasteiger partial charge in [0.05, 0.1) is 6.42 Å². The van der Waals surface area contributed by atoms with Gasteiger partial charge in [0, 0.05) is 16.9 Å². The topological polar surface area (TPSA) is 70.2 Å². The molecule has 0 spiro atoms. The molecule has 5 nitrogen and oxygen atoms in total. The van der Waals surface area contributed by atoms with E-state index in [2.05, 4.69) is 22.7 Å². The van der Waals surface area contributed by atoms with Gasteiger partial charge in [-0.2, -0.15) is 0 Å². The second-order valence-corrected chi connectivity index (χ2v) is 5.94. The third kappa shape index (κ3) is 4.70. The van der Waals surface area contributed by atoms with E-state index in [0.717, 1.165) is 10.8 Å². The molecular weight excluding hydrogens is 345 g/mol. The van der Waals surface area contributed by atoms with Crippen LogP contribution >= 0.6 is 0 Å². The van der Waals surface area contributed by atoms with Gasteiger partial charge in [0.15, 0.2) is 0 Å². The number of fused-ring (bicyclic) bond motifs is 1. The first-order chi connectivity index (χ1) is 13.0. The van der Waals surface area contributed by atoms with Crippen molar-refractivity contribution >= 4 is 28.3 Å². The van der Waals surface area contributed by atoms with Gasteiger partial charge in [0.1, 0.15) is 5.82 Å². The van der Waals surface area contributed by atoms with Crippen molar-refractivity contribution in [2.45, 2.75) is 6.42 Å². The molecule has 2 amide bonds. The molecule has 0 aliphatic rings. The van der Waals surface area contributed by atoms with Crippen molar-refractivity contribution in [1.29, 1.82) is 0 Å². The number of carbonyl (C=O) groups excluding carboxylic acids is 2. The Morgan fingerprint density at radius 2 is 1.59 bits per heavy atom. The van der Waals surface area contributed by atoms with Crippen LogP contribution in [0.25, 0.3) is 10.8 Å². The molecule has 0 saturated carbocycles. The predicted octanol–water partition coefficient (Wildman–Crippen LogP) is 3.76. The number of hydrogen-bond acceptors (Lipinski definition) is 3. The average molecular weight is 363 g/mol. The Balaban J connectivity index is 1.54. The molecule has 0 heterocycles. The molecule has 0 aliphatic carbocycles. The minimum Gasteiger partial charge on any atom is -0.326 e. The molecule has 3 N–H and O–H groups in total. The van der Waals surface area contributed by atoms with Crippen molar-refractivity contribution in [1.82, 2.24) is 10.9 Å². The number of rotatable bonds is 6. The van der Waals surface area contributed by atoms with Crippen molar-refractivity contribution in [3.8, 4) is 0 Å². The first-order valence-electron chi connectivity index (χ1n) is 8.30. The van der Waals surface area contributed by atoms with Crippen molar-refractivity contribution in [3.63, 3.8) is 0 Å². The summed E-state index contributed by atoms with van der Waals surface area (Å²) in [5, 5.41) is 4.42. The molecule has 0 unspecified atom stereocenters. The summed E-state index contributed by atoms with van der Waals surface area (Å²) >= 11 is 0. The van der Waals surface area contributed by atoms with Crippen LogP contribution in [-0.2, 0) is 4.79 Å². The molecule has 0 radical (unpaired) electrons. The number of hydrazine groups is 1. The summed E-state index contributed by atoms with van der Waals surface area (Å²) in [7, 11) is 0. The maximum atomic E-state index is 12.9. The number of anilines is 1. The van der Waals surface area contributed by atoms with Gasteiger partial charge in [0.2, 0.25) is 5.91 Å². The lowest BCUT2D eigenvalue weighted by Gasteiger charge is -2.12. The normalized spacial score (nSPS) is 10.3. The molecule has 0 aliphatic heterocycles. The molecule has 6 heteroatoms. The Morgan fingerprint density at radius 3 is 2.37 bits per heavy atom.